The molecule has 16 nitrogen and oxygen atoms in total. The Labute approximate surface area is 358 Å². The van der Waals surface area contributed by atoms with E-state index in [0.717, 1.165) is 0 Å². The summed E-state index contributed by atoms with van der Waals surface area (Å²) < 4.78 is 78.6. The number of rotatable bonds is 2. The first-order valence-corrected chi connectivity index (χ1v) is 22.3. The second-order valence-corrected chi connectivity index (χ2v) is 19.8. The van der Waals surface area contributed by atoms with E-state index in [0.29, 0.717) is 51.4 Å². The maximum atomic E-state index is 14.8. The van der Waals surface area contributed by atoms with Gasteiger partial charge < -0.3 is 56.5 Å². The summed E-state index contributed by atoms with van der Waals surface area (Å²) in [5, 5.41) is 0. The summed E-state index contributed by atoms with van der Waals surface area (Å²) in [6.45, 7) is 14.5. The van der Waals surface area contributed by atoms with Crippen LogP contribution in [0, 0.1) is 22.7 Å². The van der Waals surface area contributed by atoms with Gasteiger partial charge >= 0.3 is 30.8 Å². The molecule has 0 N–H and O–H groups in total. The fourth-order valence-corrected chi connectivity index (χ4v) is 10.8. The van der Waals surface area contributed by atoms with Crippen LogP contribution in [0.4, 0.5) is 0 Å². The average Bonchev–Trinajstić information content (AvgIpc) is 3.90. The van der Waals surface area contributed by atoms with Crippen molar-refractivity contribution in [2.75, 3.05) is 0 Å². The Balaban J connectivity index is 1.28. The van der Waals surface area contributed by atoms with Crippen LogP contribution < -0.4 is 0 Å². The van der Waals surface area contributed by atoms with E-state index in [4.69, 9.17) is 56.5 Å². The molecular formula is C44H64BO16-. The molecule has 16 atom stereocenters. The van der Waals surface area contributed by atoms with Crippen LogP contribution in [0.3, 0.4) is 0 Å². The normalized spacial score (nSPS) is 49.0. The summed E-state index contributed by atoms with van der Waals surface area (Å²) in [4.78, 5) is 54.9. The van der Waals surface area contributed by atoms with E-state index < -0.39 is 138 Å². The van der Waals surface area contributed by atoms with E-state index in [2.05, 4.69) is 0 Å². The molecule has 8 aliphatic rings. The number of carbonyl (C=O) groups is 4. The van der Waals surface area contributed by atoms with Gasteiger partial charge in [0.25, 0.3) is 0 Å². The molecule has 0 amide bonds. The predicted molar refractivity (Wildman–Crippen MR) is 214 cm³/mol. The van der Waals surface area contributed by atoms with Crippen molar-refractivity contribution in [3.8, 4) is 0 Å². The van der Waals surface area contributed by atoms with Crippen LogP contribution in [-0.4, -0.2) is 116 Å². The highest BCUT2D eigenvalue weighted by molar-refractivity contribution is 6.56. The fraction of sp³-hybridized carbons (Fsp3) is 0.818. The highest BCUT2D eigenvalue weighted by Crippen LogP contribution is 2.57. The topological polar surface area (TPSA) is 179 Å². The van der Waals surface area contributed by atoms with Gasteiger partial charge in [0.15, 0.2) is 23.8 Å². The second kappa shape index (κ2) is 16.3. The zero-order chi connectivity index (χ0) is 43.9. The van der Waals surface area contributed by atoms with Gasteiger partial charge in [-0.15, -0.1) is 0 Å². The molecule has 0 aromatic heterocycles. The third-order valence-corrected chi connectivity index (χ3v) is 14.8. The molecule has 0 unspecified atom stereocenters. The van der Waals surface area contributed by atoms with Gasteiger partial charge in [0.2, 0.25) is 0 Å². The summed E-state index contributed by atoms with van der Waals surface area (Å²) in [7, 11) is 0. The van der Waals surface area contributed by atoms with Crippen LogP contribution in [-0.2, 0) is 75.7 Å². The number of hydrogen-bond acceptors (Lipinski definition) is 16. The molecule has 3 spiro atoms. The van der Waals surface area contributed by atoms with Crippen molar-refractivity contribution in [2.24, 2.45) is 22.7 Å². The molecule has 6 saturated heterocycles. The van der Waals surface area contributed by atoms with Crippen molar-refractivity contribution in [2.45, 2.75) is 205 Å². The Morgan fingerprint density at radius 2 is 1.03 bits per heavy atom. The summed E-state index contributed by atoms with van der Waals surface area (Å²) in [5.74, 6) is -7.22. The predicted octanol–water partition coefficient (Wildman–Crippen LogP) is 5.29. The van der Waals surface area contributed by atoms with E-state index in [1.165, 1.54) is 13.8 Å². The van der Waals surface area contributed by atoms with Gasteiger partial charge in [-0.1, -0.05) is 65.8 Å². The van der Waals surface area contributed by atoms with E-state index in [1.54, 1.807) is 0 Å². The van der Waals surface area contributed by atoms with Crippen molar-refractivity contribution in [1.29, 1.82) is 0 Å². The zero-order valence-corrected chi connectivity index (χ0v) is 37.2. The third kappa shape index (κ3) is 8.01. The average molecular weight is 860 g/mol. The van der Waals surface area contributed by atoms with Gasteiger partial charge in [0.05, 0.1) is 36.6 Å². The third-order valence-electron chi connectivity index (χ3n) is 14.8. The van der Waals surface area contributed by atoms with E-state index in [-0.39, 0.29) is 0 Å². The number of fused-ring (bicyclic) bond motifs is 8. The Kier molecular flexibility index (Phi) is 11.9. The van der Waals surface area contributed by atoms with E-state index >= 15 is 0 Å². The van der Waals surface area contributed by atoms with Gasteiger partial charge in [0.1, 0.15) is 24.4 Å². The van der Waals surface area contributed by atoms with Gasteiger partial charge in [0, 0.05) is 62.2 Å². The monoisotopic (exact) mass is 859 g/mol. The quantitative estimate of drug-likeness (QED) is 0.151. The lowest BCUT2D eigenvalue weighted by atomic mass is 9.73. The zero-order valence-electron chi connectivity index (χ0n) is 37.2. The number of carbonyl (C=O) groups excluding carboxylic acids is 4. The SMILES string of the molecule is CC(=O)O[C@@H]1C/C=C/[C@H]2C[C@@H](OC(=O)[C@@H]3O[B-]45O[C@@H](C(=O)O[C@@H]6C[C@H](/C=C/C[C@@H](OC(C)=O)C(C)(C)[C@@H]7CC[C@@H](C)[C@]3(O7)O4)O[C@H]6C)[C@@]3(O[C@@H](CC[C@H]3C)C1(C)C)O5)[C@H](C)O2. The molecule has 340 valence electrons. The van der Waals surface area contributed by atoms with Gasteiger partial charge in [-0.25, -0.2) is 9.59 Å². The number of esters is 4. The second-order valence-electron chi connectivity index (χ2n) is 19.8. The number of ether oxygens (including phenoxy) is 8. The summed E-state index contributed by atoms with van der Waals surface area (Å²) in [5.41, 5.74) is -1.69. The Hall–Kier alpha value is -2.90. The summed E-state index contributed by atoms with van der Waals surface area (Å²) in [6.07, 6.45) is 2.18. The standard InChI is InChI=1S/C44H64BO16/c1-23-17-19-35-41(7,8)33(52-27(5)46)15-11-13-30-22-32(26(4)51-30)55-40(49)38-44-24(2)18-20-36(57-44)42(9,10)34(53-28(6)47)16-12-14-29-21-31(25(3)50-29)54-39(48)37-43(23,56-35)60-45(58-37,59-38)61-44/h11-14,23-26,29-38H,15-22H2,1-10H3/q-1/b13-11+,14-12+/t23-,24-,25+,26+,29+,30+,31-,32-,33-,34-,35+,36+,37+,38+,43+,44+,45?/m1/s1. The minimum absolute atomic E-state index is 0.335. The molecule has 17 heteroatoms. The minimum Gasteiger partial charge on any atom is -0.504 e. The maximum Gasteiger partial charge on any atom is 0.536 e. The molecule has 8 rings (SSSR count). The molecule has 8 aliphatic heterocycles. The molecule has 0 saturated carbocycles. The van der Waals surface area contributed by atoms with Crippen molar-refractivity contribution in [3.63, 3.8) is 0 Å². The van der Waals surface area contributed by atoms with E-state index in [1.807, 2.05) is 79.7 Å². The van der Waals surface area contributed by atoms with Gasteiger partial charge in [-0.2, -0.15) is 0 Å². The van der Waals surface area contributed by atoms with E-state index in [9.17, 15) is 19.2 Å². The van der Waals surface area contributed by atoms with Crippen LogP contribution in [0.2, 0.25) is 0 Å². The van der Waals surface area contributed by atoms with Crippen molar-refractivity contribution >= 4 is 30.8 Å². The minimum atomic E-state index is -3.50. The molecule has 0 aromatic rings. The molecule has 6 fully saturated rings. The lowest BCUT2D eigenvalue weighted by Gasteiger charge is -2.53. The number of hydrogen-bond donors (Lipinski definition) is 0. The molecule has 61 heavy (non-hydrogen) atoms. The Morgan fingerprint density at radius 1 is 0.639 bits per heavy atom. The molecule has 0 aromatic carbocycles. The lowest BCUT2D eigenvalue weighted by molar-refractivity contribution is -0.311. The van der Waals surface area contributed by atoms with Crippen LogP contribution in [0.25, 0.3) is 0 Å². The van der Waals surface area contributed by atoms with Crippen LogP contribution in [0.1, 0.15) is 121 Å². The molecular weight excluding hydrogens is 795 g/mol. The molecule has 8 heterocycles. The molecule has 11 bridgehead atoms. The highest BCUT2D eigenvalue weighted by Gasteiger charge is 2.73. The fourth-order valence-electron chi connectivity index (χ4n) is 10.8. The van der Waals surface area contributed by atoms with Crippen LogP contribution >= 0.6 is 0 Å². The Bertz CT molecular complexity index is 1660. The molecule has 0 radical (unpaired) electrons. The van der Waals surface area contributed by atoms with Gasteiger partial charge in [-0.05, 0) is 39.5 Å². The van der Waals surface area contributed by atoms with Gasteiger partial charge in [-0.3, -0.25) is 9.59 Å². The van der Waals surface area contributed by atoms with Crippen molar-refractivity contribution in [1.82, 2.24) is 0 Å². The largest absolute Gasteiger partial charge is 0.536 e. The van der Waals surface area contributed by atoms with Crippen LogP contribution in [0.15, 0.2) is 24.3 Å². The first-order valence-electron chi connectivity index (χ1n) is 22.3. The lowest BCUT2D eigenvalue weighted by Crippen LogP contribution is -2.61. The first-order chi connectivity index (χ1) is 28.7. The van der Waals surface area contributed by atoms with Crippen LogP contribution in [0.5, 0.6) is 0 Å². The molecule has 0 aliphatic carbocycles. The summed E-state index contributed by atoms with van der Waals surface area (Å²) >= 11 is 0. The van der Waals surface area contributed by atoms with Crippen molar-refractivity contribution in [3.05, 3.63) is 24.3 Å². The maximum absolute atomic E-state index is 14.8. The first kappa shape index (κ1) is 44.7. The smallest absolute Gasteiger partial charge is 0.504 e. The Morgan fingerprint density at radius 3 is 1.41 bits per heavy atom. The van der Waals surface area contributed by atoms with Crippen molar-refractivity contribution < 1.29 is 75.7 Å². The summed E-state index contributed by atoms with van der Waals surface area (Å²) in [6, 6.07) is 0. The highest BCUT2D eigenvalue weighted by atomic mass is 17.0.